The van der Waals surface area contributed by atoms with Crippen LogP contribution in [0.2, 0.25) is 0 Å². The molecule has 2 aromatic carbocycles. The lowest BCUT2D eigenvalue weighted by atomic mass is 9.76. The minimum atomic E-state index is -1.35. The third-order valence-corrected chi connectivity index (χ3v) is 7.48. The van der Waals surface area contributed by atoms with Crippen LogP contribution in [0.5, 0.6) is 0 Å². The maximum Gasteiger partial charge on any atom is 0.250 e. The lowest BCUT2D eigenvalue weighted by molar-refractivity contribution is -0.142. The first kappa shape index (κ1) is 22.3. The second-order valence-electron chi connectivity index (χ2n) is 9.28. The number of benzene rings is 2. The second-order valence-corrected chi connectivity index (χ2v) is 9.28. The number of aryl methyl sites for hydroxylation is 1. The summed E-state index contributed by atoms with van der Waals surface area (Å²) >= 11 is 0. The number of hydrogen-bond acceptors (Lipinski definition) is 5. The molecule has 3 heterocycles. The fourth-order valence-corrected chi connectivity index (χ4v) is 5.90. The Kier molecular flexibility index (Phi) is 5.48. The van der Waals surface area contributed by atoms with Gasteiger partial charge in [-0.1, -0.05) is 55.5 Å². The highest BCUT2D eigenvalue weighted by Crippen LogP contribution is 2.54. The van der Waals surface area contributed by atoms with E-state index in [1.165, 1.54) is 4.90 Å². The van der Waals surface area contributed by atoms with Crippen molar-refractivity contribution in [3.63, 3.8) is 0 Å². The van der Waals surface area contributed by atoms with Crippen LogP contribution < -0.4 is 16.4 Å². The fraction of sp³-hybridized carbons (Fsp3) is 0.385. The normalized spacial score (nSPS) is 27.3. The third-order valence-electron chi connectivity index (χ3n) is 7.48. The van der Waals surface area contributed by atoms with Gasteiger partial charge in [0.05, 0.1) is 11.8 Å². The van der Waals surface area contributed by atoms with Crippen molar-refractivity contribution in [1.82, 2.24) is 10.2 Å². The Balaban J connectivity index is 1.54. The van der Waals surface area contributed by atoms with Crippen molar-refractivity contribution in [3.05, 3.63) is 65.2 Å². The van der Waals surface area contributed by atoms with Gasteiger partial charge in [-0.3, -0.25) is 29.4 Å². The van der Waals surface area contributed by atoms with E-state index in [0.29, 0.717) is 17.7 Å². The molecule has 0 aromatic heterocycles. The molecule has 34 heavy (non-hydrogen) atoms. The van der Waals surface area contributed by atoms with Gasteiger partial charge in [-0.05, 0) is 30.4 Å². The number of rotatable bonds is 7. The molecule has 0 unspecified atom stereocenters. The summed E-state index contributed by atoms with van der Waals surface area (Å²) in [4.78, 5) is 53.7. The van der Waals surface area contributed by atoms with E-state index in [9.17, 15) is 19.2 Å². The first-order valence-corrected chi connectivity index (χ1v) is 11.8. The number of likely N-dealkylation sites (tertiary alicyclic amines) is 1. The summed E-state index contributed by atoms with van der Waals surface area (Å²) in [6.45, 7) is 2.25. The zero-order valence-corrected chi connectivity index (χ0v) is 19.0. The minimum absolute atomic E-state index is 0.0614. The molecule has 176 valence electrons. The molecular formula is C26H28N4O4. The van der Waals surface area contributed by atoms with Crippen LogP contribution in [-0.4, -0.2) is 41.1 Å². The molecule has 4 amide bonds. The van der Waals surface area contributed by atoms with E-state index in [0.717, 1.165) is 17.5 Å². The van der Waals surface area contributed by atoms with Gasteiger partial charge in [0.25, 0.3) is 0 Å². The van der Waals surface area contributed by atoms with Gasteiger partial charge >= 0.3 is 0 Å². The van der Waals surface area contributed by atoms with Crippen molar-refractivity contribution < 1.29 is 19.2 Å². The lowest BCUT2D eigenvalue weighted by Gasteiger charge is -2.29. The Labute approximate surface area is 197 Å². The number of primary amides is 1. The van der Waals surface area contributed by atoms with Crippen molar-refractivity contribution in [2.24, 2.45) is 17.6 Å². The first-order valence-electron chi connectivity index (χ1n) is 11.8. The molecular weight excluding hydrogens is 432 g/mol. The number of nitrogens with two attached hydrogens (primary N) is 1. The molecule has 0 aliphatic carbocycles. The van der Waals surface area contributed by atoms with Crippen LogP contribution in [0.3, 0.4) is 0 Å². The molecule has 5 rings (SSSR count). The van der Waals surface area contributed by atoms with Crippen molar-refractivity contribution in [2.45, 2.75) is 44.2 Å². The Morgan fingerprint density at radius 2 is 1.82 bits per heavy atom. The number of imide groups is 1. The van der Waals surface area contributed by atoms with Crippen LogP contribution in [0.4, 0.5) is 5.69 Å². The summed E-state index contributed by atoms with van der Waals surface area (Å²) < 4.78 is 0. The largest absolute Gasteiger partial charge is 0.370 e. The predicted molar refractivity (Wildman–Crippen MR) is 125 cm³/mol. The number of hydrogen-bond donors (Lipinski definition) is 3. The number of para-hydroxylation sites is 1. The van der Waals surface area contributed by atoms with E-state index in [1.807, 2.05) is 55.5 Å². The number of fused-ring (bicyclic) bond motifs is 4. The van der Waals surface area contributed by atoms with E-state index in [4.69, 9.17) is 5.73 Å². The molecule has 4 atom stereocenters. The molecule has 8 heteroatoms. The smallest absolute Gasteiger partial charge is 0.250 e. The molecule has 4 N–H and O–H groups in total. The number of carbonyl (C=O) groups is 4. The molecule has 3 aliphatic rings. The highest BCUT2D eigenvalue weighted by atomic mass is 16.2. The number of nitrogens with zero attached hydrogens (tertiary/aromatic N) is 1. The summed E-state index contributed by atoms with van der Waals surface area (Å²) in [7, 11) is 0. The number of anilines is 1. The van der Waals surface area contributed by atoms with Crippen LogP contribution in [0, 0.1) is 11.8 Å². The van der Waals surface area contributed by atoms with Crippen LogP contribution in [-0.2, 0) is 37.6 Å². The maximum absolute atomic E-state index is 13.8. The van der Waals surface area contributed by atoms with E-state index < -0.39 is 29.3 Å². The number of carbonyl (C=O) groups excluding carboxylic acids is 4. The Bertz CT molecular complexity index is 1180. The van der Waals surface area contributed by atoms with Crippen LogP contribution in [0.1, 0.15) is 36.5 Å². The molecule has 2 aromatic rings. The van der Waals surface area contributed by atoms with E-state index in [1.54, 1.807) is 0 Å². The van der Waals surface area contributed by atoms with Gasteiger partial charge in [0, 0.05) is 30.3 Å². The van der Waals surface area contributed by atoms with Gasteiger partial charge < -0.3 is 11.1 Å². The second kappa shape index (κ2) is 8.36. The summed E-state index contributed by atoms with van der Waals surface area (Å²) in [5, 5.41) is 6.33. The van der Waals surface area contributed by atoms with E-state index in [2.05, 4.69) is 10.6 Å². The summed E-state index contributed by atoms with van der Waals surface area (Å²) in [5.74, 6) is -3.05. The molecule has 1 spiro atoms. The SMILES string of the molecule is CCc1cccc2c1NC(=O)[C@@]21N[C@@H](CCC(N)=O)[C@H]2C(=O)N(CCc3ccccc3)C(=O)[C@@H]21. The molecule has 0 saturated carbocycles. The van der Waals surface area contributed by atoms with Crippen LogP contribution >= 0.6 is 0 Å². The minimum Gasteiger partial charge on any atom is -0.370 e. The van der Waals surface area contributed by atoms with Crippen LogP contribution in [0.25, 0.3) is 0 Å². The molecule has 2 saturated heterocycles. The maximum atomic E-state index is 13.8. The van der Waals surface area contributed by atoms with E-state index >= 15 is 0 Å². The van der Waals surface area contributed by atoms with Gasteiger partial charge in [-0.15, -0.1) is 0 Å². The predicted octanol–water partition coefficient (Wildman–Crippen LogP) is 1.48. The van der Waals surface area contributed by atoms with Crippen LogP contribution in [0.15, 0.2) is 48.5 Å². The van der Waals surface area contributed by atoms with Crippen molar-refractivity contribution in [3.8, 4) is 0 Å². The van der Waals surface area contributed by atoms with Crippen molar-refractivity contribution in [1.29, 1.82) is 0 Å². The topological polar surface area (TPSA) is 122 Å². The average molecular weight is 461 g/mol. The molecule has 3 aliphatic heterocycles. The summed E-state index contributed by atoms with van der Waals surface area (Å²) in [5.41, 5.74) is 7.44. The summed E-state index contributed by atoms with van der Waals surface area (Å²) in [6.07, 6.45) is 1.59. The zero-order valence-electron chi connectivity index (χ0n) is 19.0. The monoisotopic (exact) mass is 460 g/mol. The Morgan fingerprint density at radius 1 is 1.06 bits per heavy atom. The highest BCUT2D eigenvalue weighted by Gasteiger charge is 2.70. The molecule has 0 radical (unpaired) electrons. The number of nitrogens with one attached hydrogen (secondary N) is 2. The van der Waals surface area contributed by atoms with Gasteiger partial charge in [-0.25, -0.2) is 0 Å². The first-order chi connectivity index (χ1) is 16.4. The standard InChI is InChI=1S/C26H28N4O4/c1-2-16-9-6-10-17-22(16)28-25(34)26(17)21-20(18(29-26)11-12-19(27)31)23(32)30(24(21)33)14-13-15-7-4-3-5-8-15/h3-10,18,20-21,29H,2,11-14H2,1H3,(H2,27,31)(H,28,34)/t18-,20+,21+,26+/m0/s1. The third kappa shape index (κ3) is 3.24. The summed E-state index contributed by atoms with van der Waals surface area (Å²) in [6, 6.07) is 14.8. The average Bonchev–Trinajstić information content (AvgIpc) is 3.41. The quantitative estimate of drug-likeness (QED) is 0.541. The lowest BCUT2D eigenvalue weighted by Crippen LogP contribution is -2.53. The zero-order chi connectivity index (χ0) is 24.0. The number of amides is 4. The van der Waals surface area contributed by atoms with Gasteiger partial charge in [0.1, 0.15) is 5.54 Å². The highest BCUT2D eigenvalue weighted by molar-refractivity contribution is 6.15. The molecule has 8 nitrogen and oxygen atoms in total. The molecule has 2 fully saturated rings. The van der Waals surface area contributed by atoms with Gasteiger partial charge in [-0.2, -0.15) is 0 Å². The van der Waals surface area contributed by atoms with Crippen molar-refractivity contribution in [2.75, 3.05) is 11.9 Å². The van der Waals surface area contributed by atoms with E-state index in [-0.39, 0.29) is 37.1 Å². The van der Waals surface area contributed by atoms with Gasteiger partial charge in [0.2, 0.25) is 23.6 Å². The van der Waals surface area contributed by atoms with Gasteiger partial charge in [0.15, 0.2) is 0 Å². The Hall–Kier alpha value is -3.52. The fourth-order valence-electron chi connectivity index (χ4n) is 5.90. The molecule has 0 bridgehead atoms. The Morgan fingerprint density at radius 3 is 2.53 bits per heavy atom. The van der Waals surface area contributed by atoms with Crippen molar-refractivity contribution >= 4 is 29.3 Å².